The zero-order valence-electron chi connectivity index (χ0n) is 11.7. The largest absolute Gasteiger partial charge is 0.347 e. The minimum absolute atomic E-state index is 0.278. The summed E-state index contributed by atoms with van der Waals surface area (Å²) >= 11 is 11.9. The van der Waals surface area contributed by atoms with Crippen molar-refractivity contribution >= 4 is 34.8 Å². The molecule has 3 aromatic rings. The molecule has 0 fully saturated rings. The summed E-state index contributed by atoms with van der Waals surface area (Å²) in [6.45, 7) is 2.18. The molecule has 2 aromatic heterocycles. The summed E-state index contributed by atoms with van der Waals surface area (Å²) in [5, 5.41) is 8.09. The molecular formula is C15H12Cl2N4O. The van der Waals surface area contributed by atoms with E-state index in [2.05, 4.69) is 15.4 Å². The maximum atomic E-state index is 12.2. The van der Waals surface area contributed by atoms with Crippen LogP contribution in [0.3, 0.4) is 0 Å². The Labute approximate surface area is 136 Å². The SMILES string of the molecule is Cc1cn2nc(C(=O)NCc3ccc(Cl)cc3Cl)ccc2n1. The fourth-order valence-electron chi connectivity index (χ4n) is 2.05. The molecule has 0 radical (unpaired) electrons. The number of carbonyl (C=O) groups is 1. The van der Waals surface area contributed by atoms with E-state index in [1.54, 1.807) is 41.0 Å². The normalized spacial score (nSPS) is 10.9. The Balaban J connectivity index is 1.75. The van der Waals surface area contributed by atoms with Gasteiger partial charge in [0, 0.05) is 16.6 Å². The minimum atomic E-state index is -0.278. The number of amides is 1. The van der Waals surface area contributed by atoms with Gasteiger partial charge in [0.15, 0.2) is 5.65 Å². The second kappa shape index (κ2) is 5.94. The van der Waals surface area contributed by atoms with Gasteiger partial charge in [0.1, 0.15) is 5.69 Å². The van der Waals surface area contributed by atoms with E-state index in [0.29, 0.717) is 27.9 Å². The molecule has 0 aliphatic carbocycles. The average Bonchev–Trinajstić information content (AvgIpc) is 2.85. The molecular weight excluding hydrogens is 323 g/mol. The zero-order valence-corrected chi connectivity index (χ0v) is 13.2. The van der Waals surface area contributed by atoms with E-state index < -0.39 is 0 Å². The van der Waals surface area contributed by atoms with Crippen LogP contribution in [0.1, 0.15) is 21.7 Å². The van der Waals surface area contributed by atoms with Crippen LogP contribution in [0.15, 0.2) is 36.5 Å². The van der Waals surface area contributed by atoms with Crippen LogP contribution >= 0.6 is 23.2 Å². The van der Waals surface area contributed by atoms with Gasteiger partial charge in [-0.15, -0.1) is 0 Å². The van der Waals surface area contributed by atoms with Gasteiger partial charge in [-0.3, -0.25) is 4.79 Å². The molecule has 0 aliphatic rings. The minimum Gasteiger partial charge on any atom is -0.347 e. The van der Waals surface area contributed by atoms with Crippen molar-refractivity contribution in [3.8, 4) is 0 Å². The van der Waals surface area contributed by atoms with Crippen molar-refractivity contribution in [2.75, 3.05) is 0 Å². The number of aromatic nitrogens is 3. The Morgan fingerprint density at radius 2 is 2.09 bits per heavy atom. The van der Waals surface area contributed by atoms with E-state index in [4.69, 9.17) is 23.2 Å². The molecule has 0 aliphatic heterocycles. The smallest absolute Gasteiger partial charge is 0.272 e. The van der Waals surface area contributed by atoms with Crippen molar-refractivity contribution in [3.05, 3.63) is 63.5 Å². The van der Waals surface area contributed by atoms with Gasteiger partial charge >= 0.3 is 0 Å². The number of imidazole rings is 1. The Morgan fingerprint density at radius 3 is 2.86 bits per heavy atom. The summed E-state index contributed by atoms with van der Waals surface area (Å²) in [5.74, 6) is -0.278. The third-order valence-corrected chi connectivity index (χ3v) is 3.71. The first kappa shape index (κ1) is 14.8. The van der Waals surface area contributed by atoms with Gasteiger partial charge in [-0.1, -0.05) is 29.3 Å². The fourth-order valence-corrected chi connectivity index (χ4v) is 2.53. The number of aryl methyl sites for hydroxylation is 1. The average molecular weight is 335 g/mol. The van der Waals surface area contributed by atoms with E-state index in [1.807, 2.05) is 6.92 Å². The van der Waals surface area contributed by atoms with Crippen LogP contribution < -0.4 is 5.32 Å². The Bertz CT molecular complexity index is 860. The molecule has 5 nitrogen and oxygen atoms in total. The summed E-state index contributed by atoms with van der Waals surface area (Å²) < 4.78 is 1.58. The molecule has 1 amide bonds. The molecule has 7 heteroatoms. The summed E-state index contributed by atoms with van der Waals surface area (Å²) in [7, 11) is 0. The predicted molar refractivity (Wildman–Crippen MR) is 85.4 cm³/mol. The molecule has 3 rings (SSSR count). The van der Waals surface area contributed by atoms with Crippen molar-refractivity contribution in [2.45, 2.75) is 13.5 Å². The van der Waals surface area contributed by atoms with Crippen LogP contribution in [0.5, 0.6) is 0 Å². The summed E-state index contributed by atoms with van der Waals surface area (Å²) in [6.07, 6.45) is 1.77. The van der Waals surface area contributed by atoms with E-state index in [1.165, 1.54) is 0 Å². The molecule has 1 aromatic carbocycles. The number of halogens is 2. The van der Waals surface area contributed by atoms with Gasteiger partial charge in [-0.25, -0.2) is 9.50 Å². The first-order valence-electron chi connectivity index (χ1n) is 6.58. The van der Waals surface area contributed by atoms with Gasteiger partial charge in [0.25, 0.3) is 5.91 Å². The topological polar surface area (TPSA) is 59.3 Å². The van der Waals surface area contributed by atoms with Crippen molar-refractivity contribution in [3.63, 3.8) is 0 Å². The van der Waals surface area contributed by atoms with Gasteiger partial charge in [-0.2, -0.15) is 5.10 Å². The highest BCUT2D eigenvalue weighted by atomic mass is 35.5. The molecule has 112 valence electrons. The standard InChI is InChI=1S/C15H12Cl2N4O/c1-9-8-21-14(19-9)5-4-13(20-21)15(22)18-7-10-2-3-11(16)6-12(10)17/h2-6,8H,7H2,1H3,(H,18,22). The van der Waals surface area contributed by atoms with Crippen LogP contribution in [0.2, 0.25) is 10.0 Å². The Hall–Kier alpha value is -2.11. The predicted octanol–water partition coefficient (Wildman–Crippen LogP) is 3.27. The van der Waals surface area contributed by atoms with Gasteiger partial charge in [0.2, 0.25) is 0 Å². The lowest BCUT2D eigenvalue weighted by atomic mass is 10.2. The van der Waals surface area contributed by atoms with Crippen LogP contribution in [0.25, 0.3) is 5.65 Å². The second-order valence-electron chi connectivity index (χ2n) is 4.82. The molecule has 0 bridgehead atoms. The number of fused-ring (bicyclic) bond motifs is 1. The van der Waals surface area contributed by atoms with Gasteiger partial charge in [0.05, 0.1) is 11.9 Å². The monoisotopic (exact) mass is 334 g/mol. The van der Waals surface area contributed by atoms with Crippen LogP contribution in [-0.2, 0) is 6.54 Å². The summed E-state index contributed by atoms with van der Waals surface area (Å²) in [4.78, 5) is 16.4. The van der Waals surface area contributed by atoms with E-state index in [-0.39, 0.29) is 5.91 Å². The maximum absolute atomic E-state index is 12.2. The van der Waals surface area contributed by atoms with Crippen molar-refractivity contribution in [1.29, 1.82) is 0 Å². The van der Waals surface area contributed by atoms with Crippen LogP contribution in [0.4, 0.5) is 0 Å². The molecule has 22 heavy (non-hydrogen) atoms. The number of rotatable bonds is 3. The first-order valence-corrected chi connectivity index (χ1v) is 7.34. The molecule has 1 N–H and O–H groups in total. The molecule has 0 atom stereocenters. The quantitative estimate of drug-likeness (QED) is 0.799. The summed E-state index contributed by atoms with van der Waals surface area (Å²) in [6, 6.07) is 8.54. The Morgan fingerprint density at radius 1 is 1.27 bits per heavy atom. The highest BCUT2D eigenvalue weighted by Crippen LogP contribution is 2.20. The van der Waals surface area contributed by atoms with Crippen molar-refractivity contribution in [1.82, 2.24) is 19.9 Å². The number of nitrogens with one attached hydrogen (secondary N) is 1. The highest BCUT2D eigenvalue weighted by Gasteiger charge is 2.10. The molecule has 2 heterocycles. The maximum Gasteiger partial charge on any atom is 0.272 e. The zero-order chi connectivity index (χ0) is 15.7. The lowest BCUT2D eigenvalue weighted by molar-refractivity contribution is 0.0944. The van der Waals surface area contributed by atoms with E-state index in [9.17, 15) is 4.79 Å². The van der Waals surface area contributed by atoms with Crippen LogP contribution in [0, 0.1) is 6.92 Å². The molecule has 0 unspecified atom stereocenters. The first-order chi connectivity index (χ1) is 10.5. The fraction of sp³-hybridized carbons (Fsp3) is 0.133. The second-order valence-corrected chi connectivity index (χ2v) is 5.67. The van der Waals surface area contributed by atoms with Gasteiger partial charge < -0.3 is 5.32 Å². The number of nitrogens with zero attached hydrogens (tertiary/aromatic N) is 3. The number of benzene rings is 1. The van der Waals surface area contributed by atoms with Crippen molar-refractivity contribution < 1.29 is 4.79 Å². The van der Waals surface area contributed by atoms with Gasteiger partial charge in [-0.05, 0) is 36.8 Å². The van der Waals surface area contributed by atoms with E-state index >= 15 is 0 Å². The highest BCUT2D eigenvalue weighted by molar-refractivity contribution is 6.35. The molecule has 0 saturated carbocycles. The lowest BCUT2D eigenvalue weighted by Gasteiger charge is -2.07. The number of hydrogen-bond acceptors (Lipinski definition) is 3. The van der Waals surface area contributed by atoms with Crippen LogP contribution in [-0.4, -0.2) is 20.5 Å². The van der Waals surface area contributed by atoms with Crippen molar-refractivity contribution in [2.24, 2.45) is 0 Å². The van der Waals surface area contributed by atoms with E-state index in [0.717, 1.165) is 11.3 Å². The molecule has 0 spiro atoms. The number of carbonyl (C=O) groups excluding carboxylic acids is 1. The molecule has 0 saturated heterocycles. The third-order valence-electron chi connectivity index (χ3n) is 3.13. The Kier molecular flexibility index (Phi) is 4.00. The number of hydrogen-bond donors (Lipinski definition) is 1. The summed E-state index contributed by atoms with van der Waals surface area (Å²) in [5.41, 5.74) is 2.65. The lowest BCUT2D eigenvalue weighted by Crippen LogP contribution is -2.24. The third kappa shape index (κ3) is 3.05.